The third kappa shape index (κ3) is 4.70. The zero-order valence-electron chi connectivity index (χ0n) is 19.3. The van der Waals surface area contributed by atoms with E-state index in [1.165, 1.54) is 0 Å². The average Bonchev–Trinajstić information content (AvgIpc) is 2.74. The smallest absolute Gasteiger partial charge is 0.246 e. The Bertz CT molecular complexity index is 928. The Labute approximate surface area is 189 Å². The molecule has 4 heterocycles. The number of piperidine rings is 1. The maximum Gasteiger partial charge on any atom is 0.246 e. The standard InChI is InChI=1S/C24H33N5O3/c1-4-11-32-27-17(2)20-15-29(16-20)21(30)6-5-18-12-19-13-24(7-9-28(3)10-8-24)23(31)26-22(19)25-14-18/h5-6,12,14,20H,4,7-11,13,15-16H2,1-3H3,(H,25,26,31)/b6-5+,27-17-. The molecule has 8 heteroatoms. The van der Waals surface area contributed by atoms with Gasteiger partial charge < -0.3 is 20.0 Å². The molecule has 0 aliphatic carbocycles. The first kappa shape index (κ1) is 22.5. The van der Waals surface area contributed by atoms with Crippen molar-refractivity contribution in [2.75, 3.05) is 45.2 Å². The molecule has 1 aromatic heterocycles. The second kappa shape index (κ2) is 9.40. The van der Waals surface area contributed by atoms with Crippen LogP contribution in [0.25, 0.3) is 6.08 Å². The van der Waals surface area contributed by atoms with Crippen LogP contribution >= 0.6 is 0 Å². The molecule has 4 rings (SSSR count). The van der Waals surface area contributed by atoms with Crippen LogP contribution in [-0.4, -0.2) is 72.1 Å². The number of carbonyl (C=O) groups is 2. The summed E-state index contributed by atoms with van der Waals surface area (Å²) >= 11 is 0. The fourth-order valence-electron chi connectivity index (χ4n) is 4.51. The van der Waals surface area contributed by atoms with Gasteiger partial charge in [0, 0.05) is 31.3 Å². The highest BCUT2D eigenvalue weighted by Gasteiger charge is 2.44. The Morgan fingerprint density at radius 2 is 2.12 bits per heavy atom. The molecule has 2 saturated heterocycles. The van der Waals surface area contributed by atoms with Crippen molar-refractivity contribution >= 4 is 29.4 Å². The van der Waals surface area contributed by atoms with Crippen molar-refractivity contribution in [3.63, 3.8) is 0 Å². The number of oxime groups is 1. The SMILES string of the molecule is CCCO/N=C(/C)C1CN(C(=O)/C=C/c2cnc3c(c2)CC2(CCN(C)CC2)C(=O)N3)C1. The number of hydrogen-bond acceptors (Lipinski definition) is 6. The van der Waals surface area contributed by atoms with Crippen LogP contribution in [-0.2, 0) is 20.8 Å². The quantitative estimate of drug-likeness (QED) is 0.319. The molecule has 0 atom stereocenters. The van der Waals surface area contributed by atoms with Gasteiger partial charge in [-0.2, -0.15) is 0 Å². The van der Waals surface area contributed by atoms with E-state index in [-0.39, 0.29) is 23.1 Å². The lowest BCUT2D eigenvalue weighted by molar-refractivity contribution is -0.130. The van der Waals surface area contributed by atoms with Gasteiger partial charge in [0.25, 0.3) is 0 Å². The van der Waals surface area contributed by atoms with E-state index in [2.05, 4.69) is 27.4 Å². The summed E-state index contributed by atoms with van der Waals surface area (Å²) in [5, 5.41) is 7.14. The van der Waals surface area contributed by atoms with Crippen LogP contribution in [0.4, 0.5) is 5.82 Å². The van der Waals surface area contributed by atoms with Gasteiger partial charge >= 0.3 is 0 Å². The van der Waals surface area contributed by atoms with Crippen LogP contribution in [0.15, 0.2) is 23.5 Å². The van der Waals surface area contributed by atoms with Gasteiger partial charge in [-0.25, -0.2) is 4.98 Å². The molecule has 1 spiro atoms. The molecule has 3 aliphatic rings. The van der Waals surface area contributed by atoms with E-state index in [4.69, 9.17) is 4.84 Å². The lowest BCUT2D eigenvalue weighted by Gasteiger charge is -2.42. The van der Waals surface area contributed by atoms with E-state index in [9.17, 15) is 9.59 Å². The molecule has 1 aromatic rings. The third-order valence-electron chi connectivity index (χ3n) is 6.88. The fraction of sp³-hybridized carbons (Fsp3) is 0.583. The van der Waals surface area contributed by atoms with E-state index in [0.29, 0.717) is 31.9 Å². The van der Waals surface area contributed by atoms with Crippen molar-refractivity contribution < 1.29 is 14.4 Å². The minimum atomic E-state index is -0.341. The molecule has 0 saturated carbocycles. The first-order valence-corrected chi connectivity index (χ1v) is 11.5. The summed E-state index contributed by atoms with van der Waals surface area (Å²) in [6.07, 6.45) is 8.47. The second-order valence-corrected chi connectivity index (χ2v) is 9.33. The Morgan fingerprint density at radius 1 is 1.38 bits per heavy atom. The zero-order chi connectivity index (χ0) is 22.7. The fourth-order valence-corrected chi connectivity index (χ4v) is 4.51. The van der Waals surface area contributed by atoms with Gasteiger partial charge in [0.2, 0.25) is 11.8 Å². The molecule has 32 heavy (non-hydrogen) atoms. The number of likely N-dealkylation sites (tertiary alicyclic amines) is 2. The minimum absolute atomic E-state index is 0.0126. The number of anilines is 1. The number of nitrogens with zero attached hydrogens (tertiary/aromatic N) is 4. The summed E-state index contributed by atoms with van der Waals surface area (Å²) in [6, 6.07) is 2.05. The summed E-state index contributed by atoms with van der Waals surface area (Å²) in [6.45, 7) is 7.80. The van der Waals surface area contributed by atoms with Crippen molar-refractivity contribution in [1.29, 1.82) is 0 Å². The number of rotatable bonds is 6. The predicted molar refractivity (Wildman–Crippen MR) is 124 cm³/mol. The number of aromatic nitrogens is 1. The molecule has 3 aliphatic heterocycles. The number of nitrogens with one attached hydrogen (secondary N) is 1. The first-order chi connectivity index (χ1) is 15.4. The summed E-state index contributed by atoms with van der Waals surface area (Å²) < 4.78 is 0. The first-order valence-electron chi connectivity index (χ1n) is 11.5. The van der Waals surface area contributed by atoms with Crippen molar-refractivity contribution in [3.8, 4) is 0 Å². The number of amides is 2. The van der Waals surface area contributed by atoms with Gasteiger partial charge in [-0.05, 0) is 76.0 Å². The Balaban J connectivity index is 1.36. The maximum atomic E-state index is 12.8. The molecule has 0 aromatic carbocycles. The summed E-state index contributed by atoms with van der Waals surface area (Å²) in [5.41, 5.74) is 2.52. The molecular weight excluding hydrogens is 406 g/mol. The Hall–Kier alpha value is -2.74. The lowest BCUT2D eigenvalue weighted by Crippen LogP contribution is -2.52. The van der Waals surface area contributed by atoms with E-state index in [0.717, 1.165) is 49.2 Å². The van der Waals surface area contributed by atoms with Crippen molar-refractivity contribution in [2.45, 2.75) is 39.5 Å². The molecule has 2 fully saturated rings. The van der Waals surface area contributed by atoms with Crippen LogP contribution in [0.2, 0.25) is 0 Å². The van der Waals surface area contributed by atoms with Gasteiger partial charge in [-0.3, -0.25) is 9.59 Å². The second-order valence-electron chi connectivity index (χ2n) is 9.33. The molecule has 0 unspecified atom stereocenters. The summed E-state index contributed by atoms with van der Waals surface area (Å²) in [4.78, 5) is 39.0. The largest absolute Gasteiger partial charge is 0.396 e. The summed E-state index contributed by atoms with van der Waals surface area (Å²) in [7, 11) is 2.09. The van der Waals surface area contributed by atoms with Crippen LogP contribution in [0.1, 0.15) is 44.2 Å². The zero-order valence-corrected chi connectivity index (χ0v) is 19.3. The Kier molecular flexibility index (Phi) is 6.60. The molecule has 172 valence electrons. The number of pyridine rings is 1. The average molecular weight is 440 g/mol. The van der Waals surface area contributed by atoms with E-state index in [1.807, 2.05) is 26.0 Å². The van der Waals surface area contributed by atoms with Gasteiger partial charge in [0.1, 0.15) is 12.4 Å². The topological polar surface area (TPSA) is 87.1 Å². The van der Waals surface area contributed by atoms with E-state index < -0.39 is 0 Å². The predicted octanol–water partition coefficient (Wildman–Crippen LogP) is 2.56. The number of fused-ring (bicyclic) bond motifs is 1. The molecule has 1 N–H and O–H groups in total. The van der Waals surface area contributed by atoms with Gasteiger partial charge in [0.15, 0.2) is 0 Å². The molecule has 0 bridgehead atoms. The number of carbonyl (C=O) groups excluding carboxylic acids is 2. The van der Waals surface area contributed by atoms with E-state index in [1.54, 1.807) is 17.2 Å². The van der Waals surface area contributed by atoms with Gasteiger partial charge in [-0.1, -0.05) is 12.1 Å². The van der Waals surface area contributed by atoms with Crippen LogP contribution < -0.4 is 5.32 Å². The van der Waals surface area contributed by atoms with Gasteiger partial charge in [0.05, 0.1) is 11.1 Å². The van der Waals surface area contributed by atoms with Crippen LogP contribution in [0, 0.1) is 11.3 Å². The molecule has 8 nitrogen and oxygen atoms in total. The summed E-state index contributed by atoms with van der Waals surface area (Å²) in [5.74, 6) is 0.995. The van der Waals surface area contributed by atoms with Crippen LogP contribution in [0.3, 0.4) is 0 Å². The van der Waals surface area contributed by atoms with Crippen molar-refractivity contribution in [2.24, 2.45) is 16.5 Å². The molecule has 0 radical (unpaired) electrons. The Morgan fingerprint density at radius 3 is 2.84 bits per heavy atom. The maximum absolute atomic E-state index is 12.8. The minimum Gasteiger partial charge on any atom is -0.396 e. The highest BCUT2D eigenvalue weighted by atomic mass is 16.6. The highest BCUT2D eigenvalue weighted by Crippen LogP contribution is 2.40. The number of hydrogen-bond donors (Lipinski definition) is 1. The normalized spacial score (nSPS) is 21.4. The van der Waals surface area contributed by atoms with Gasteiger partial charge in [-0.15, -0.1) is 0 Å². The highest BCUT2D eigenvalue weighted by molar-refractivity contribution is 5.98. The van der Waals surface area contributed by atoms with E-state index >= 15 is 0 Å². The molecular formula is C24H33N5O3. The monoisotopic (exact) mass is 439 g/mol. The van der Waals surface area contributed by atoms with Crippen molar-refractivity contribution in [1.82, 2.24) is 14.8 Å². The third-order valence-corrected chi connectivity index (χ3v) is 6.88. The van der Waals surface area contributed by atoms with Crippen molar-refractivity contribution in [3.05, 3.63) is 29.5 Å². The van der Waals surface area contributed by atoms with Crippen LogP contribution in [0.5, 0.6) is 0 Å². The molecule has 2 amide bonds. The lowest BCUT2D eigenvalue weighted by atomic mass is 9.71.